The minimum absolute atomic E-state index is 0.00141. The molecule has 27 nitrogen and oxygen atoms in total. The van der Waals surface area contributed by atoms with Gasteiger partial charge < -0.3 is 42.1 Å². The summed E-state index contributed by atoms with van der Waals surface area (Å²) < 4.78 is 38.4. The molecule has 3 atom stereocenters. The minimum atomic E-state index is -2.09. The van der Waals surface area contributed by atoms with E-state index >= 15 is 0 Å². The molecule has 129 heavy (non-hydrogen) atoms. The van der Waals surface area contributed by atoms with E-state index in [1.165, 1.54) is 32.2 Å². The van der Waals surface area contributed by atoms with E-state index in [4.69, 9.17) is 32.7 Å². The van der Waals surface area contributed by atoms with Crippen LogP contribution in [0.5, 0.6) is 0 Å². The Balaban J connectivity index is 0.000000189. The SMILES string of the molecule is CC(C)(C)[Si](C)(C)OC(C(=O)c1ccccc1)c1ccncc1.CC(C)(C)[Si](C)(C)OCc1ccncc1.COC(=O)CC(=O)OC(C(=O)c1ccccc1)c1ccncc1.COC(=O)Cc1nc(-c2ccccc2)c(-c2ccncc2)o1.O=C(Cc1nc(-c2ccccc2)c(-c2ccncc2)o1)NO.O=C(c1ccccc1)C(O)c1ccncc1.OCc1ccncc1. The molecular formula is C100H106N10O17Si2. The van der Waals surface area contributed by atoms with Crippen LogP contribution in [0.15, 0.2) is 332 Å². The van der Waals surface area contributed by atoms with Crippen molar-refractivity contribution in [2.45, 2.75) is 129 Å². The summed E-state index contributed by atoms with van der Waals surface area (Å²) in [4.78, 5) is 120. The first-order valence-corrected chi connectivity index (χ1v) is 46.8. The van der Waals surface area contributed by atoms with Crippen LogP contribution < -0.4 is 5.48 Å². The number of nitrogens with zero attached hydrogens (tertiary/aromatic N) is 9. The van der Waals surface area contributed by atoms with Gasteiger partial charge in [0.15, 0.2) is 45.8 Å². The molecule has 3 unspecified atom stereocenters. The predicted molar refractivity (Wildman–Crippen MR) is 493 cm³/mol. The molecule has 0 saturated heterocycles. The molecule has 0 radical (unpaired) electrons. The van der Waals surface area contributed by atoms with E-state index in [2.05, 4.69) is 122 Å². The van der Waals surface area contributed by atoms with E-state index in [-0.39, 0.29) is 58.7 Å². The predicted octanol–water partition coefficient (Wildman–Crippen LogP) is 18.9. The van der Waals surface area contributed by atoms with Crippen LogP contribution >= 0.6 is 0 Å². The fourth-order valence-electron chi connectivity index (χ4n) is 11.1. The van der Waals surface area contributed by atoms with Crippen molar-refractivity contribution in [1.29, 1.82) is 0 Å². The number of aliphatic hydroxyl groups excluding tert-OH is 2. The number of hydrogen-bond acceptors (Lipinski definition) is 26. The maximum atomic E-state index is 13.0. The lowest BCUT2D eigenvalue weighted by atomic mass is 10.0. The molecule has 0 saturated carbocycles. The molecule has 1 amide bonds. The van der Waals surface area contributed by atoms with Crippen LogP contribution in [0.25, 0.3) is 45.2 Å². The summed E-state index contributed by atoms with van der Waals surface area (Å²) in [5, 5.41) is 27.3. The van der Waals surface area contributed by atoms with Gasteiger partial charge in [0, 0.05) is 131 Å². The zero-order valence-corrected chi connectivity index (χ0v) is 75.9. The number of nitrogens with one attached hydrogen (secondary N) is 1. The Morgan fingerprint density at radius 1 is 0.388 bits per heavy atom. The number of amides is 1. The lowest BCUT2D eigenvalue weighted by molar-refractivity contribution is -0.155. The number of hydrogen-bond donors (Lipinski definition) is 4. The van der Waals surface area contributed by atoms with E-state index in [1.807, 2.05) is 158 Å². The Labute approximate surface area is 752 Å². The molecule has 29 heteroatoms. The summed E-state index contributed by atoms with van der Waals surface area (Å²) in [6.45, 7) is 23.0. The normalized spacial score (nSPS) is 11.6. The summed E-state index contributed by atoms with van der Waals surface area (Å²) in [6, 6.07) is 70.8. The molecule has 9 heterocycles. The molecule has 0 aliphatic carbocycles. The van der Waals surface area contributed by atoms with Crippen molar-refractivity contribution in [3.8, 4) is 45.2 Å². The van der Waals surface area contributed by atoms with Gasteiger partial charge in [0.2, 0.25) is 17.6 Å². The van der Waals surface area contributed by atoms with Gasteiger partial charge in [0.05, 0.1) is 27.4 Å². The van der Waals surface area contributed by atoms with Gasteiger partial charge in [0.25, 0.3) is 5.91 Å². The van der Waals surface area contributed by atoms with Crippen LogP contribution in [0.4, 0.5) is 0 Å². The number of pyridine rings is 7. The van der Waals surface area contributed by atoms with E-state index in [0.717, 1.165) is 33.4 Å². The zero-order chi connectivity index (χ0) is 93.2. The van der Waals surface area contributed by atoms with Crippen molar-refractivity contribution >= 4 is 57.8 Å². The summed E-state index contributed by atoms with van der Waals surface area (Å²) in [7, 11) is -1.18. The molecule has 14 rings (SSSR count). The monoisotopic (exact) mass is 1770 g/mol. The van der Waals surface area contributed by atoms with Gasteiger partial charge in [-0.15, -0.1) is 0 Å². The van der Waals surface area contributed by atoms with Gasteiger partial charge in [0.1, 0.15) is 42.9 Å². The maximum absolute atomic E-state index is 13.0. The number of benzene rings is 5. The quantitative estimate of drug-likeness (QED) is 0.00744. The van der Waals surface area contributed by atoms with Crippen LogP contribution in [-0.4, -0.2) is 132 Å². The van der Waals surface area contributed by atoms with Crippen molar-refractivity contribution in [2.24, 2.45) is 0 Å². The third-order valence-electron chi connectivity index (χ3n) is 20.3. The standard InChI is InChI=1S/C19H25NO2Si.C17H14N2O3.C17H15NO5.C16H13N3O3.C13H11NO2.C12H21NOSi.C6H7NO/c1-19(2,3)23(4,5)22-18(16-11-13-20-14-12-16)17(21)15-9-7-6-8-10-15;1-21-15(20)11-14-19-16(12-5-3-2-4-6-12)17(22-14)13-7-9-18-10-8-13;1-22-14(19)11-15(20)23-17(13-7-9-18-10-8-13)16(21)12-5-3-2-4-6-12;20-13(19-21)10-14-18-15(11-4-2-1-3-5-11)16(22-14)12-6-8-17-9-7-12;15-12(10-4-2-1-3-5-10)13(16)11-6-8-14-9-7-11;1-12(2,3)15(4,5)14-10-11-6-8-13-9-7-11;8-5-6-1-3-7-4-2-6/h6-14,18H,1-5H3;2-10H,11H2,1H3;2-10,17H,11H2,1H3;1-9,21H,10H2,(H,19,20);1-9,13,16H;6-9H,10H2,1-5H3;1-4,8H,5H2. The molecule has 4 N–H and O–H groups in total. The topological polar surface area (TPSA) is 381 Å². The number of carbonyl (C=O) groups is 7. The number of Topliss-reactive ketones (excluding diaryl/α,β-unsaturated/α-hetero) is 3. The van der Waals surface area contributed by atoms with Gasteiger partial charge in [-0.05, 0) is 143 Å². The first-order valence-electron chi connectivity index (χ1n) is 41.0. The Morgan fingerprint density at radius 3 is 1.09 bits per heavy atom. The van der Waals surface area contributed by atoms with Crippen molar-refractivity contribution < 1.29 is 80.9 Å². The smallest absolute Gasteiger partial charge is 0.318 e. The largest absolute Gasteiger partial charge is 0.469 e. The highest BCUT2D eigenvalue weighted by Crippen LogP contribution is 2.42. The lowest BCUT2D eigenvalue weighted by Gasteiger charge is -2.39. The summed E-state index contributed by atoms with van der Waals surface area (Å²) >= 11 is 0. The van der Waals surface area contributed by atoms with Gasteiger partial charge >= 0.3 is 17.9 Å². The van der Waals surface area contributed by atoms with Crippen LogP contribution in [-0.2, 0) is 68.3 Å². The van der Waals surface area contributed by atoms with Crippen molar-refractivity contribution in [2.75, 3.05) is 14.2 Å². The first-order chi connectivity index (χ1) is 61.9. The molecule has 0 spiro atoms. The Hall–Kier alpha value is -14.3. The van der Waals surface area contributed by atoms with Crippen LogP contribution in [0.2, 0.25) is 36.3 Å². The van der Waals surface area contributed by atoms with Crippen molar-refractivity contribution in [3.63, 3.8) is 0 Å². The Bertz CT molecular complexity index is 5480. The highest BCUT2D eigenvalue weighted by atomic mass is 28.4. The maximum Gasteiger partial charge on any atom is 0.318 e. The second-order valence-corrected chi connectivity index (χ2v) is 41.0. The molecule has 666 valence electrons. The molecule has 0 aliphatic rings. The second kappa shape index (κ2) is 50.7. The van der Waals surface area contributed by atoms with Gasteiger partial charge in [-0.1, -0.05) is 193 Å². The van der Waals surface area contributed by atoms with E-state index < -0.39 is 59.2 Å². The molecule has 9 aromatic heterocycles. The highest BCUT2D eigenvalue weighted by Gasteiger charge is 2.42. The molecule has 5 aromatic carbocycles. The van der Waals surface area contributed by atoms with Gasteiger partial charge in [-0.25, -0.2) is 15.4 Å². The molecule has 0 bridgehead atoms. The van der Waals surface area contributed by atoms with Gasteiger partial charge in [-0.3, -0.25) is 73.7 Å². The number of ketones is 3. The number of ether oxygens (including phenoxy) is 3. The number of aromatic nitrogens is 9. The molecule has 0 fully saturated rings. The van der Waals surface area contributed by atoms with E-state index in [1.54, 1.807) is 158 Å². The average molecular weight is 1780 g/mol. The fraction of sp³-hybridized carbons (Fsp3) is 0.220. The average Bonchev–Trinajstić information content (AvgIpc) is 1.80. The third kappa shape index (κ3) is 32.0. The number of methoxy groups -OCH3 is 2. The first kappa shape index (κ1) is 100. The molecule has 14 aromatic rings. The summed E-state index contributed by atoms with van der Waals surface area (Å²) in [5.41, 5.74) is 12.0. The third-order valence-corrected chi connectivity index (χ3v) is 29.2. The minimum Gasteiger partial charge on any atom is -0.469 e. The van der Waals surface area contributed by atoms with Crippen molar-refractivity contribution in [1.82, 2.24) is 50.3 Å². The number of carbonyl (C=O) groups excluding carboxylic acids is 7. The summed E-state index contributed by atoms with van der Waals surface area (Å²) in [5.74, 6) is -1.46. The molecular weight excluding hydrogens is 1670 g/mol. The second-order valence-electron chi connectivity index (χ2n) is 31.5. The highest BCUT2D eigenvalue weighted by molar-refractivity contribution is 6.74. The van der Waals surface area contributed by atoms with E-state index in [9.17, 15) is 38.7 Å². The van der Waals surface area contributed by atoms with Crippen LogP contribution in [0.3, 0.4) is 0 Å². The number of esters is 3. The molecule has 0 aliphatic heterocycles. The van der Waals surface area contributed by atoms with Crippen LogP contribution in [0, 0.1) is 0 Å². The Kier molecular flexibility index (Phi) is 39.4. The zero-order valence-electron chi connectivity index (χ0n) is 73.9. The van der Waals surface area contributed by atoms with Crippen molar-refractivity contribution in [3.05, 3.63) is 380 Å². The number of hydroxylamine groups is 1. The number of aliphatic hydroxyl groups is 2. The van der Waals surface area contributed by atoms with E-state index in [0.29, 0.717) is 63.2 Å². The van der Waals surface area contributed by atoms with Crippen LogP contribution in [0.1, 0.15) is 137 Å². The summed E-state index contributed by atoms with van der Waals surface area (Å²) in [6.07, 6.45) is 19.6. The lowest BCUT2D eigenvalue weighted by Crippen LogP contribution is -2.43. The van der Waals surface area contributed by atoms with Gasteiger partial charge in [-0.2, -0.15) is 0 Å². The fourth-order valence-corrected chi connectivity index (χ4v) is 13.2. The number of oxazole rings is 2. The number of rotatable bonds is 26. The Morgan fingerprint density at radius 2 is 0.721 bits per heavy atom.